The summed E-state index contributed by atoms with van der Waals surface area (Å²) in [5.74, 6) is 0. The number of hydrogen-bond donors (Lipinski definition) is 1. The van der Waals surface area contributed by atoms with E-state index in [0.717, 1.165) is 37.1 Å². The van der Waals surface area contributed by atoms with Gasteiger partial charge in [0.1, 0.15) is 0 Å². The number of nitrogens with zero attached hydrogens (tertiary/aromatic N) is 1. The Bertz CT molecular complexity index is 408. The molecular formula is C14H22N2O3. The minimum Gasteiger partial charge on any atom is -0.385 e. The Kier molecular flexibility index (Phi) is 6.89. The predicted octanol–water partition coefficient (Wildman–Crippen LogP) is 3.73. The Labute approximate surface area is 114 Å². The molecule has 1 aromatic rings. The van der Waals surface area contributed by atoms with Crippen molar-refractivity contribution >= 4 is 11.4 Å². The molecule has 0 aliphatic rings. The molecule has 0 bridgehead atoms. The first-order chi connectivity index (χ1) is 9.19. The van der Waals surface area contributed by atoms with Crippen LogP contribution in [0.25, 0.3) is 0 Å². The van der Waals surface area contributed by atoms with E-state index < -0.39 is 0 Å². The molecule has 0 atom stereocenters. The molecule has 0 heterocycles. The molecule has 0 saturated heterocycles. The fourth-order valence-electron chi connectivity index (χ4n) is 1.81. The molecule has 1 aromatic carbocycles. The molecule has 0 fully saturated rings. The van der Waals surface area contributed by atoms with Gasteiger partial charge in [-0.25, -0.2) is 0 Å². The number of unbranched alkanes of at least 4 members (excludes halogenated alkanes) is 2. The van der Waals surface area contributed by atoms with Gasteiger partial charge in [0.25, 0.3) is 5.69 Å². The molecule has 1 N–H and O–H groups in total. The summed E-state index contributed by atoms with van der Waals surface area (Å²) >= 11 is 0. The largest absolute Gasteiger partial charge is 0.385 e. The smallest absolute Gasteiger partial charge is 0.269 e. The standard InChI is InChI=1S/C14H22N2O3/c1-3-5-6-9-19-11-12-10-13(16(17)18)7-8-14(12)15-4-2/h7-8,10,15H,3-6,9,11H2,1-2H3. The van der Waals surface area contributed by atoms with Crippen LogP contribution in [-0.2, 0) is 11.3 Å². The third-order valence-corrected chi connectivity index (χ3v) is 2.82. The maximum atomic E-state index is 10.8. The van der Waals surface area contributed by atoms with Crippen molar-refractivity contribution in [3.63, 3.8) is 0 Å². The van der Waals surface area contributed by atoms with Crippen LogP contribution in [0, 0.1) is 10.1 Å². The van der Waals surface area contributed by atoms with Crippen LogP contribution in [0.4, 0.5) is 11.4 Å². The molecule has 1 rings (SSSR count). The number of anilines is 1. The van der Waals surface area contributed by atoms with Crippen molar-refractivity contribution in [1.29, 1.82) is 0 Å². The summed E-state index contributed by atoms with van der Waals surface area (Å²) in [7, 11) is 0. The summed E-state index contributed by atoms with van der Waals surface area (Å²) in [4.78, 5) is 10.4. The minimum absolute atomic E-state index is 0.105. The van der Waals surface area contributed by atoms with E-state index in [1.165, 1.54) is 6.07 Å². The number of rotatable bonds is 9. The lowest BCUT2D eigenvalue weighted by molar-refractivity contribution is -0.384. The monoisotopic (exact) mass is 266 g/mol. The summed E-state index contributed by atoms with van der Waals surface area (Å²) < 4.78 is 5.58. The van der Waals surface area contributed by atoms with Crippen molar-refractivity contribution in [1.82, 2.24) is 0 Å². The fourth-order valence-corrected chi connectivity index (χ4v) is 1.81. The van der Waals surface area contributed by atoms with E-state index in [2.05, 4.69) is 12.2 Å². The van der Waals surface area contributed by atoms with Crippen molar-refractivity contribution in [2.75, 3.05) is 18.5 Å². The van der Waals surface area contributed by atoms with E-state index >= 15 is 0 Å². The second kappa shape index (κ2) is 8.48. The number of ether oxygens (including phenoxy) is 1. The normalized spacial score (nSPS) is 10.4. The number of nitrogens with one attached hydrogen (secondary N) is 1. The van der Waals surface area contributed by atoms with Crippen LogP contribution in [0.3, 0.4) is 0 Å². The molecule has 0 saturated carbocycles. The topological polar surface area (TPSA) is 64.4 Å². The molecule has 0 aliphatic carbocycles. The highest BCUT2D eigenvalue weighted by Gasteiger charge is 2.10. The molecule has 5 nitrogen and oxygen atoms in total. The highest BCUT2D eigenvalue weighted by molar-refractivity contribution is 5.55. The number of non-ortho nitro benzene ring substituents is 1. The zero-order valence-electron chi connectivity index (χ0n) is 11.6. The van der Waals surface area contributed by atoms with E-state index in [1.54, 1.807) is 12.1 Å². The van der Waals surface area contributed by atoms with Crippen molar-refractivity contribution in [3.05, 3.63) is 33.9 Å². The van der Waals surface area contributed by atoms with Gasteiger partial charge in [0.2, 0.25) is 0 Å². The zero-order chi connectivity index (χ0) is 14.1. The van der Waals surface area contributed by atoms with Crippen molar-refractivity contribution in [2.45, 2.75) is 39.7 Å². The average molecular weight is 266 g/mol. The quantitative estimate of drug-likeness (QED) is 0.420. The van der Waals surface area contributed by atoms with Crippen LogP contribution in [-0.4, -0.2) is 18.1 Å². The Morgan fingerprint density at radius 2 is 2.11 bits per heavy atom. The second-order valence-electron chi connectivity index (χ2n) is 4.39. The summed E-state index contributed by atoms with van der Waals surface area (Å²) in [6.45, 7) is 6.02. The first-order valence-corrected chi connectivity index (χ1v) is 6.78. The van der Waals surface area contributed by atoms with Gasteiger partial charge in [-0.15, -0.1) is 0 Å². The van der Waals surface area contributed by atoms with Crippen LogP contribution < -0.4 is 5.32 Å². The van der Waals surface area contributed by atoms with Crippen LogP contribution in [0.15, 0.2) is 18.2 Å². The lowest BCUT2D eigenvalue weighted by Crippen LogP contribution is -2.04. The van der Waals surface area contributed by atoms with E-state index in [9.17, 15) is 10.1 Å². The SMILES string of the molecule is CCCCCOCc1cc([N+](=O)[O-])ccc1NCC. The second-order valence-corrected chi connectivity index (χ2v) is 4.39. The Morgan fingerprint density at radius 3 is 2.74 bits per heavy atom. The molecule has 0 spiro atoms. The summed E-state index contributed by atoms with van der Waals surface area (Å²) in [6, 6.07) is 4.84. The zero-order valence-corrected chi connectivity index (χ0v) is 11.6. The minimum atomic E-state index is -0.379. The molecule has 0 unspecified atom stereocenters. The van der Waals surface area contributed by atoms with E-state index in [1.807, 2.05) is 6.92 Å². The highest BCUT2D eigenvalue weighted by Crippen LogP contribution is 2.23. The van der Waals surface area contributed by atoms with Crippen LogP contribution in [0.5, 0.6) is 0 Å². The molecule has 106 valence electrons. The van der Waals surface area contributed by atoms with Gasteiger partial charge in [0.15, 0.2) is 0 Å². The molecule has 0 radical (unpaired) electrons. The van der Waals surface area contributed by atoms with Gasteiger partial charge in [-0.05, 0) is 19.4 Å². The summed E-state index contributed by atoms with van der Waals surface area (Å²) in [5.41, 5.74) is 1.85. The number of nitro benzene ring substituents is 1. The lowest BCUT2D eigenvalue weighted by Gasteiger charge is -2.11. The maximum Gasteiger partial charge on any atom is 0.269 e. The Morgan fingerprint density at radius 1 is 1.32 bits per heavy atom. The Hall–Kier alpha value is -1.62. The predicted molar refractivity (Wildman–Crippen MR) is 76.4 cm³/mol. The number of hydrogen-bond acceptors (Lipinski definition) is 4. The highest BCUT2D eigenvalue weighted by atomic mass is 16.6. The fraction of sp³-hybridized carbons (Fsp3) is 0.571. The third-order valence-electron chi connectivity index (χ3n) is 2.82. The first-order valence-electron chi connectivity index (χ1n) is 6.78. The molecule has 0 amide bonds. The lowest BCUT2D eigenvalue weighted by atomic mass is 10.1. The molecular weight excluding hydrogens is 244 g/mol. The van der Waals surface area contributed by atoms with Gasteiger partial charge < -0.3 is 10.1 Å². The Balaban J connectivity index is 2.65. The number of benzene rings is 1. The van der Waals surface area contributed by atoms with Gasteiger partial charge >= 0.3 is 0 Å². The summed E-state index contributed by atoms with van der Waals surface area (Å²) in [5, 5.41) is 14.0. The van der Waals surface area contributed by atoms with Crippen LogP contribution >= 0.6 is 0 Å². The van der Waals surface area contributed by atoms with Crippen molar-refractivity contribution in [2.24, 2.45) is 0 Å². The van der Waals surface area contributed by atoms with Crippen LogP contribution in [0.2, 0.25) is 0 Å². The number of nitro groups is 1. The molecule has 0 aromatic heterocycles. The third kappa shape index (κ3) is 5.26. The van der Waals surface area contributed by atoms with Crippen molar-refractivity contribution < 1.29 is 9.66 Å². The van der Waals surface area contributed by atoms with Gasteiger partial charge in [0, 0.05) is 36.5 Å². The van der Waals surface area contributed by atoms with Gasteiger partial charge in [0.05, 0.1) is 11.5 Å². The maximum absolute atomic E-state index is 10.8. The van der Waals surface area contributed by atoms with E-state index in [-0.39, 0.29) is 10.6 Å². The van der Waals surface area contributed by atoms with Gasteiger partial charge in [-0.1, -0.05) is 19.8 Å². The first kappa shape index (κ1) is 15.4. The summed E-state index contributed by atoms with van der Waals surface area (Å²) in [6.07, 6.45) is 3.33. The average Bonchev–Trinajstić information content (AvgIpc) is 2.40. The van der Waals surface area contributed by atoms with Gasteiger partial charge in [-0.2, -0.15) is 0 Å². The van der Waals surface area contributed by atoms with E-state index in [0.29, 0.717) is 13.2 Å². The molecule has 0 aliphatic heterocycles. The molecule has 19 heavy (non-hydrogen) atoms. The molecule has 5 heteroatoms. The van der Waals surface area contributed by atoms with Gasteiger partial charge in [-0.3, -0.25) is 10.1 Å². The van der Waals surface area contributed by atoms with Crippen LogP contribution in [0.1, 0.15) is 38.7 Å². The van der Waals surface area contributed by atoms with Crippen molar-refractivity contribution in [3.8, 4) is 0 Å². The van der Waals surface area contributed by atoms with E-state index in [4.69, 9.17) is 4.74 Å².